The zero-order valence-corrected chi connectivity index (χ0v) is 11.9. The van der Waals surface area contributed by atoms with E-state index >= 15 is 0 Å². The molecule has 0 spiro atoms. The molecule has 0 aliphatic rings. The Balaban J connectivity index is 1.76. The van der Waals surface area contributed by atoms with E-state index in [-0.39, 0.29) is 5.91 Å². The lowest BCUT2D eigenvalue weighted by Gasteiger charge is -2.08. The number of benzene rings is 1. The summed E-state index contributed by atoms with van der Waals surface area (Å²) in [5.41, 5.74) is 1.50. The van der Waals surface area contributed by atoms with Gasteiger partial charge in [0, 0.05) is 17.4 Å². The molecule has 0 atom stereocenters. The minimum atomic E-state index is -0.158. The van der Waals surface area contributed by atoms with E-state index in [1.807, 2.05) is 13.0 Å². The number of pyridine rings is 1. The summed E-state index contributed by atoms with van der Waals surface area (Å²) in [7, 11) is 0. The maximum Gasteiger partial charge on any atom is 0.252 e. The Hall–Kier alpha value is -2.07. The van der Waals surface area contributed by atoms with Crippen LogP contribution in [0.3, 0.4) is 0 Å². The summed E-state index contributed by atoms with van der Waals surface area (Å²) in [6.45, 7) is 2.74. The van der Waals surface area contributed by atoms with Crippen molar-refractivity contribution in [3.05, 3.63) is 58.9 Å². The van der Waals surface area contributed by atoms with Crippen LogP contribution in [0.5, 0.6) is 5.75 Å². The Morgan fingerprint density at radius 3 is 2.95 bits per heavy atom. The van der Waals surface area contributed by atoms with Gasteiger partial charge in [-0.2, -0.15) is 0 Å². The predicted molar refractivity (Wildman–Crippen MR) is 78.3 cm³/mol. The molecule has 20 heavy (non-hydrogen) atoms. The molecule has 1 heterocycles. The second kappa shape index (κ2) is 6.91. The monoisotopic (exact) mass is 290 g/mol. The first-order valence-corrected chi connectivity index (χ1v) is 6.62. The molecule has 0 fully saturated rings. The van der Waals surface area contributed by atoms with Crippen LogP contribution in [0.15, 0.2) is 42.7 Å². The quantitative estimate of drug-likeness (QED) is 0.862. The number of carbonyl (C=O) groups excluding carboxylic acids is 1. The van der Waals surface area contributed by atoms with Gasteiger partial charge in [0.1, 0.15) is 12.4 Å². The number of halogens is 1. The van der Waals surface area contributed by atoms with Gasteiger partial charge in [0.05, 0.1) is 12.1 Å². The number of nitrogens with one attached hydrogen (secondary N) is 1. The van der Waals surface area contributed by atoms with Crippen molar-refractivity contribution in [1.82, 2.24) is 10.3 Å². The summed E-state index contributed by atoms with van der Waals surface area (Å²) < 4.78 is 5.54. The minimum absolute atomic E-state index is 0.158. The highest BCUT2D eigenvalue weighted by molar-refractivity contribution is 6.31. The topological polar surface area (TPSA) is 51.2 Å². The first kappa shape index (κ1) is 14.3. The van der Waals surface area contributed by atoms with Crippen LogP contribution in [0.25, 0.3) is 0 Å². The summed E-state index contributed by atoms with van der Waals surface area (Å²) in [5.74, 6) is 0.580. The highest BCUT2D eigenvalue weighted by Crippen LogP contribution is 2.20. The van der Waals surface area contributed by atoms with Crippen LogP contribution in [-0.4, -0.2) is 24.0 Å². The van der Waals surface area contributed by atoms with Crippen molar-refractivity contribution in [3.8, 4) is 5.75 Å². The minimum Gasteiger partial charge on any atom is -0.492 e. The van der Waals surface area contributed by atoms with E-state index in [0.717, 1.165) is 11.3 Å². The summed E-state index contributed by atoms with van der Waals surface area (Å²) >= 11 is 5.93. The molecule has 0 aliphatic carbocycles. The van der Waals surface area contributed by atoms with Gasteiger partial charge < -0.3 is 10.1 Å². The molecule has 1 aromatic carbocycles. The number of rotatable bonds is 5. The van der Waals surface area contributed by atoms with Crippen molar-refractivity contribution in [3.63, 3.8) is 0 Å². The molecule has 2 aromatic rings. The van der Waals surface area contributed by atoms with E-state index < -0.39 is 0 Å². The summed E-state index contributed by atoms with van der Waals surface area (Å²) in [5, 5.41) is 3.48. The number of aromatic nitrogens is 1. The van der Waals surface area contributed by atoms with Crippen molar-refractivity contribution in [2.45, 2.75) is 6.92 Å². The molecule has 0 aliphatic heterocycles. The molecule has 0 saturated carbocycles. The van der Waals surface area contributed by atoms with Gasteiger partial charge in [-0.25, -0.2) is 0 Å². The number of hydrogen-bond acceptors (Lipinski definition) is 3. The molecule has 0 saturated heterocycles. The first-order valence-electron chi connectivity index (χ1n) is 6.24. The van der Waals surface area contributed by atoms with Gasteiger partial charge in [-0.3, -0.25) is 9.78 Å². The highest BCUT2D eigenvalue weighted by atomic mass is 35.5. The SMILES string of the molecule is Cc1cc(OCCNC(=O)c2cccnc2)ccc1Cl. The molecular weight excluding hydrogens is 276 g/mol. The molecular formula is C15H15ClN2O2. The average Bonchev–Trinajstić information content (AvgIpc) is 2.48. The van der Waals surface area contributed by atoms with Crippen molar-refractivity contribution < 1.29 is 9.53 Å². The summed E-state index contributed by atoms with van der Waals surface area (Å²) in [6, 6.07) is 8.90. The fourth-order valence-corrected chi connectivity index (χ4v) is 1.76. The summed E-state index contributed by atoms with van der Waals surface area (Å²) in [6.07, 6.45) is 3.15. The van der Waals surface area contributed by atoms with Crippen LogP contribution in [0.1, 0.15) is 15.9 Å². The second-order valence-electron chi connectivity index (χ2n) is 4.26. The number of aryl methyl sites for hydroxylation is 1. The van der Waals surface area contributed by atoms with Crippen molar-refractivity contribution >= 4 is 17.5 Å². The Morgan fingerprint density at radius 1 is 1.40 bits per heavy atom. The molecule has 0 bridgehead atoms. The van der Waals surface area contributed by atoms with Crippen LogP contribution in [0, 0.1) is 6.92 Å². The van der Waals surface area contributed by atoms with E-state index in [1.54, 1.807) is 30.5 Å². The van der Waals surface area contributed by atoms with Crippen molar-refractivity contribution in [1.29, 1.82) is 0 Å². The molecule has 0 radical (unpaired) electrons. The molecule has 1 amide bonds. The third kappa shape index (κ3) is 3.96. The van der Waals surface area contributed by atoms with Crippen LogP contribution in [0.2, 0.25) is 5.02 Å². The Kier molecular flexibility index (Phi) is 4.96. The van der Waals surface area contributed by atoms with E-state index in [1.165, 1.54) is 6.20 Å². The highest BCUT2D eigenvalue weighted by Gasteiger charge is 2.04. The van der Waals surface area contributed by atoms with E-state index in [2.05, 4.69) is 10.3 Å². The zero-order chi connectivity index (χ0) is 14.4. The van der Waals surface area contributed by atoms with Gasteiger partial charge in [0.2, 0.25) is 0 Å². The standard InChI is InChI=1S/C15H15ClN2O2/c1-11-9-13(4-5-14(11)16)20-8-7-18-15(19)12-3-2-6-17-10-12/h2-6,9-10H,7-8H2,1H3,(H,18,19). The molecule has 1 aromatic heterocycles. The lowest BCUT2D eigenvalue weighted by atomic mass is 10.2. The molecule has 104 valence electrons. The van der Waals surface area contributed by atoms with Crippen LogP contribution in [0.4, 0.5) is 0 Å². The lowest BCUT2D eigenvalue weighted by Crippen LogP contribution is -2.28. The van der Waals surface area contributed by atoms with E-state index in [9.17, 15) is 4.79 Å². The van der Waals surface area contributed by atoms with Gasteiger partial charge in [0.15, 0.2) is 0 Å². The van der Waals surface area contributed by atoms with Crippen LogP contribution >= 0.6 is 11.6 Å². The molecule has 4 nitrogen and oxygen atoms in total. The molecule has 5 heteroatoms. The van der Waals surface area contributed by atoms with Gasteiger partial charge in [0.25, 0.3) is 5.91 Å². The Bertz CT molecular complexity index is 588. The lowest BCUT2D eigenvalue weighted by molar-refractivity contribution is 0.0946. The van der Waals surface area contributed by atoms with E-state index in [4.69, 9.17) is 16.3 Å². The van der Waals surface area contributed by atoms with Gasteiger partial charge >= 0.3 is 0 Å². The third-order valence-corrected chi connectivity index (χ3v) is 3.13. The number of carbonyl (C=O) groups is 1. The normalized spacial score (nSPS) is 10.1. The molecule has 0 unspecified atom stereocenters. The average molecular weight is 291 g/mol. The predicted octanol–water partition coefficient (Wildman–Crippen LogP) is 2.85. The largest absolute Gasteiger partial charge is 0.492 e. The number of amides is 1. The van der Waals surface area contributed by atoms with Crippen LogP contribution in [-0.2, 0) is 0 Å². The van der Waals surface area contributed by atoms with Gasteiger partial charge in [-0.05, 0) is 42.8 Å². The third-order valence-electron chi connectivity index (χ3n) is 2.71. The second-order valence-corrected chi connectivity index (χ2v) is 4.66. The summed E-state index contributed by atoms with van der Waals surface area (Å²) in [4.78, 5) is 15.6. The Morgan fingerprint density at radius 2 is 2.25 bits per heavy atom. The van der Waals surface area contributed by atoms with Crippen LogP contribution < -0.4 is 10.1 Å². The van der Waals surface area contributed by atoms with Gasteiger partial charge in [-0.15, -0.1) is 0 Å². The van der Waals surface area contributed by atoms with Crippen molar-refractivity contribution in [2.24, 2.45) is 0 Å². The number of ether oxygens (including phenoxy) is 1. The smallest absolute Gasteiger partial charge is 0.252 e. The fourth-order valence-electron chi connectivity index (χ4n) is 1.64. The fraction of sp³-hybridized carbons (Fsp3) is 0.200. The first-order chi connectivity index (χ1) is 9.66. The number of nitrogens with zero attached hydrogens (tertiary/aromatic N) is 1. The molecule has 2 rings (SSSR count). The van der Waals surface area contributed by atoms with Crippen molar-refractivity contribution in [2.75, 3.05) is 13.2 Å². The van der Waals surface area contributed by atoms with Gasteiger partial charge in [-0.1, -0.05) is 11.6 Å². The zero-order valence-electron chi connectivity index (χ0n) is 11.1. The van der Waals surface area contributed by atoms with E-state index in [0.29, 0.717) is 23.7 Å². The molecule has 1 N–H and O–H groups in total. The number of hydrogen-bond donors (Lipinski definition) is 1. The Labute approximate surface area is 122 Å². The maximum absolute atomic E-state index is 11.7. The maximum atomic E-state index is 11.7.